The number of halogens is 1. The molecule has 2 aliphatic heterocycles. The molecule has 0 fully saturated rings. The van der Waals surface area contributed by atoms with Crippen molar-refractivity contribution in [3.8, 4) is 0 Å². The molecule has 2 heterocycles. The van der Waals surface area contributed by atoms with Gasteiger partial charge in [0, 0.05) is 41.1 Å². The Kier molecular flexibility index (Phi) is 15.6. The third kappa shape index (κ3) is 9.30. The lowest BCUT2D eigenvalue weighted by molar-refractivity contribution is -0.401. The maximum absolute atomic E-state index is 2.94. The Labute approximate surface area is 356 Å². The fourth-order valence-electron chi connectivity index (χ4n) is 9.24. The summed E-state index contributed by atoms with van der Waals surface area (Å²) in [6, 6.07) is 27.1. The van der Waals surface area contributed by atoms with Crippen LogP contribution in [0, 0.1) is 17.3 Å². The minimum atomic E-state index is -0.0955. The average molecular weight is 831 g/mol. The minimum Gasteiger partial charge on any atom is -0.344 e. The van der Waals surface area contributed by atoms with E-state index in [-0.39, 0.29) is 16.2 Å². The molecule has 0 spiro atoms. The molecule has 0 amide bonds. The summed E-state index contributed by atoms with van der Waals surface area (Å²) in [6.07, 6.45) is 16.9. The molecule has 0 radical (unpaired) electrons. The Bertz CT molecular complexity index is 2160. The topological polar surface area (TPSA) is 6.25 Å². The van der Waals surface area contributed by atoms with E-state index in [4.69, 9.17) is 0 Å². The molecule has 2 nitrogen and oxygen atoms in total. The van der Waals surface area contributed by atoms with Crippen molar-refractivity contribution in [3.63, 3.8) is 0 Å². The van der Waals surface area contributed by atoms with Crippen molar-refractivity contribution in [1.29, 1.82) is 0 Å². The summed E-state index contributed by atoms with van der Waals surface area (Å²) >= 11 is 2.94. The van der Waals surface area contributed by atoms with Crippen molar-refractivity contribution >= 4 is 54.6 Å². The van der Waals surface area contributed by atoms with E-state index in [1.54, 1.807) is 0 Å². The summed E-state index contributed by atoms with van der Waals surface area (Å²) in [4.78, 5) is 2.65. The normalized spacial score (nSPS) is 20.0. The number of nitrogens with zero attached hydrogens (tertiary/aromatic N) is 2. The SMILES string of the molecule is CBr.CC.CC.CCC(C)CCN1/C(=C/C=C2C=C(/C=C/C3=[N+](C)c4ccc5ccccc5c4C3(C)C)CC(C(C)(C)C)C/2)C(C)(C)c2c1ccc1ccccc21. The number of fused-ring (bicyclic) bond motifs is 6. The Morgan fingerprint density at radius 3 is 1.95 bits per heavy atom. The Morgan fingerprint density at radius 2 is 1.35 bits per heavy atom. The van der Waals surface area contributed by atoms with Gasteiger partial charge in [-0.05, 0) is 113 Å². The fourth-order valence-corrected chi connectivity index (χ4v) is 9.24. The Hall–Kier alpha value is -3.69. The molecular formula is C54H74BrN2+. The van der Waals surface area contributed by atoms with Crippen molar-refractivity contribution in [2.75, 3.05) is 24.3 Å². The average Bonchev–Trinajstić information content (AvgIpc) is 3.57. The van der Waals surface area contributed by atoms with Gasteiger partial charge in [0.05, 0.1) is 5.41 Å². The number of allylic oxidation sites excluding steroid dienone is 8. The van der Waals surface area contributed by atoms with Crippen LogP contribution in [0.15, 0.2) is 120 Å². The smallest absolute Gasteiger partial charge is 0.210 e. The number of benzene rings is 4. The van der Waals surface area contributed by atoms with Crippen LogP contribution >= 0.6 is 15.9 Å². The zero-order valence-electron chi connectivity index (χ0n) is 38.3. The molecule has 7 rings (SSSR count). The summed E-state index contributed by atoms with van der Waals surface area (Å²) in [5.41, 5.74) is 11.3. The van der Waals surface area contributed by atoms with Gasteiger partial charge in [0.2, 0.25) is 5.69 Å². The van der Waals surface area contributed by atoms with Gasteiger partial charge < -0.3 is 4.90 Å². The Morgan fingerprint density at radius 1 is 0.772 bits per heavy atom. The lowest BCUT2D eigenvalue weighted by atomic mass is 9.70. The van der Waals surface area contributed by atoms with E-state index in [0.29, 0.717) is 11.8 Å². The van der Waals surface area contributed by atoms with Crippen LogP contribution in [-0.4, -0.2) is 29.7 Å². The van der Waals surface area contributed by atoms with Gasteiger partial charge >= 0.3 is 0 Å². The van der Waals surface area contributed by atoms with E-state index < -0.39 is 0 Å². The first-order valence-corrected chi connectivity index (χ1v) is 23.4. The lowest BCUT2D eigenvalue weighted by Gasteiger charge is -2.34. The molecule has 3 aliphatic rings. The highest BCUT2D eigenvalue weighted by Crippen LogP contribution is 2.51. The zero-order valence-corrected chi connectivity index (χ0v) is 39.9. The highest BCUT2D eigenvalue weighted by atomic mass is 79.9. The highest BCUT2D eigenvalue weighted by Gasteiger charge is 2.44. The third-order valence-corrected chi connectivity index (χ3v) is 12.7. The van der Waals surface area contributed by atoms with Crippen LogP contribution < -0.4 is 4.90 Å². The molecule has 0 N–H and O–H groups in total. The molecule has 2 atom stereocenters. The molecule has 0 bridgehead atoms. The van der Waals surface area contributed by atoms with Crippen LogP contribution in [0.2, 0.25) is 0 Å². The van der Waals surface area contributed by atoms with Gasteiger partial charge in [-0.25, -0.2) is 0 Å². The van der Waals surface area contributed by atoms with Crippen LogP contribution in [0.4, 0.5) is 11.4 Å². The molecule has 57 heavy (non-hydrogen) atoms. The van der Waals surface area contributed by atoms with Gasteiger partial charge in [0.15, 0.2) is 5.71 Å². The maximum atomic E-state index is 2.94. The van der Waals surface area contributed by atoms with Gasteiger partial charge in [-0.15, -0.1) is 0 Å². The summed E-state index contributed by atoms with van der Waals surface area (Å²) in [5, 5.41) is 5.39. The first kappa shape index (κ1) is 46.0. The number of hydrogen-bond donors (Lipinski definition) is 0. The van der Waals surface area contributed by atoms with Crippen LogP contribution in [0.1, 0.15) is 127 Å². The van der Waals surface area contributed by atoms with Gasteiger partial charge in [-0.3, -0.25) is 0 Å². The predicted molar refractivity (Wildman–Crippen MR) is 259 cm³/mol. The van der Waals surface area contributed by atoms with E-state index in [1.165, 1.54) is 79.4 Å². The zero-order chi connectivity index (χ0) is 42.3. The van der Waals surface area contributed by atoms with Crippen molar-refractivity contribution in [2.45, 2.75) is 127 Å². The van der Waals surface area contributed by atoms with Gasteiger partial charge in [0.1, 0.15) is 7.05 Å². The minimum absolute atomic E-state index is 0.0881. The van der Waals surface area contributed by atoms with E-state index in [2.05, 4.69) is 198 Å². The first-order chi connectivity index (χ1) is 27.2. The van der Waals surface area contributed by atoms with E-state index >= 15 is 0 Å². The number of rotatable bonds is 7. The van der Waals surface area contributed by atoms with Gasteiger partial charge in [-0.1, -0.05) is 171 Å². The summed E-state index contributed by atoms with van der Waals surface area (Å²) in [5.74, 6) is 3.09. The second-order valence-corrected chi connectivity index (χ2v) is 17.8. The number of hydrogen-bond acceptors (Lipinski definition) is 1. The first-order valence-electron chi connectivity index (χ1n) is 21.8. The molecule has 0 aromatic heterocycles. The van der Waals surface area contributed by atoms with Crippen molar-refractivity contribution < 1.29 is 4.58 Å². The molecule has 4 aromatic carbocycles. The monoisotopic (exact) mass is 830 g/mol. The Balaban J connectivity index is 0.00000115. The molecule has 306 valence electrons. The number of anilines is 1. The molecule has 2 unspecified atom stereocenters. The van der Waals surface area contributed by atoms with Crippen molar-refractivity contribution in [1.82, 2.24) is 0 Å². The molecule has 4 aromatic rings. The summed E-state index contributed by atoms with van der Waals surface area (Å²) in [6.45, 7) is 30.7. The molecule has 0 saturated heterocycles. The van der Waals surface area contributed by atoms with Crippen molar-refractivity contribution in [3.05, 3.63) is 131 Å². The van der Waals surface area contributed by atoms with Crippen LogP contribution in [0.25, 0.3) is 21.5 Å². The van der Waals surface area contributed by atoms with E-state index in [0.717, 1.165) is 19.4 Å². The molecule has 3 heteroatoms. The summed E-state index contributed by atoms with van der Waals surface area (Å²) in [7, 11) is 2.24. The molecule has 1 aliphatic carbocycles. The second kappa shape index (κ2) is 19.4. The summed E-state index contributed by atoms with van der Waals surface area (Å²) < 4.78 is 2.42. The highest BCUT2D eigenvalue weighted by molar-refractivity contribution is 9.08. The third-order valence-electron chi connectivity index (χ3n) is 12.7. The van der Waals surface area contributed by atoms with Crippen LogP contribution in [0.3, 0.4) is 0 Å². The van der Waals surface area contributed by atoms with E-state index in [9.17, 15) is 0 Å². The largest absolute Gasteiger partial charge is 0.344 e. The maximum Gasteiger partial charge on any atom is 0.210 e. The quantitative estimate of drug-likeness (QED) is 0.133. The fraction of sp³-hybridized carbons (Fsp3) is 0.463. The molecular weight excluding hydrogens is 757 g/mol. The predicted octanol–water partition coefficient (Wildman–Crippen LogP) is 16.0. The van der Waals surface area contributed by atoms with Crippen molar-refractivity contribution in [2.24, 2.45) is 17.3 Å². The number of alkyl halides is 1. The standard InChI is InChI=1S/C49H59N2.2C2H6.CH3Br/c1-11-33(2)28-29-51-42-25-23-37-17-13-15-19-40(37)46(42)49(8,9)44(51)27-21-35-30-34(31-38(32-35)47(3,4)5)20-26-43-48(6,7)45-39-18-14-12-16-36(39)22-24-41(45)50(43)10;3*1-2/h12-27,30,33,38H,11,28-29,31-32H2,1-10H3;2*1-2H3;1H3/q+1;;;. The lowest BCUT2D eigenvalue weighted by Crippen LogP contribution is -2.28. The van der Waals surface area contributed by atoms with Crippen LogP contribution in [0.5, 0.6) is 0 Å². The molecule has 0 saturated carbocycles. The van der Waals surface area contributed by atoms with Gasteiger partial charge in [0.25, 0.3) is 0 Å². The second-order valence-electron chi connectivity index (χ2n) is 17.8. The van der Waals surface area contributed by atoms with Crippen LogP contribution in [-0.2, 0) is 10.8 Å². The van der Waals surface area contributed by atoms with Gasteiger partial charge in [-0.2, -0.15) is 4.58 Å². The van der Waals surface area contributed by atoms with E-state index in [1.807, 2.05) is 33.5 Å².